The van der Waals surface area contributed by atoms with Gasteiger partial charge in [0.15, 0.2) is 16.3 Å². The molecular weight excluding hydrogens is 508 g/mol. The summed E-state index contributed by atoms with van der Waals surface area (Å²) in [5.41, 5.74) is 1.89. The summed E-state index contributed by atoms with van der Waals surface area (Å²) in [6.07, 6.45) is 1.71. The maximum absolute atomic E-state index is 13.8. The lowest BCUT2D eigenvalue weighted by Gasteiger charge is -2.24. The number of fused-ring (bicyclic) bond motifs is 1. The van der Waals surface area contributed by atoms with Gasteiger partial charge in [0.05, 0.1) is 42.2 Å². The zero-order valence-corrected chi connectivity index (χ0v) is 22.6. The number of ether oxygens (including phenoxy) is 4. The quantitative estimate of drug-likeness (QED) is 0.322. The van der Waals surface area contributed by atoms with Crippen molar-refractivity contribution in [3.63, 3.8) is 0 Å². The van der Waals surface area contributed by atoms with Crippen LogP contribution >= 0.6 is 11.3 Å². The van der Waals surface area contributed by atoms with Crippen LogP contribution in [0.2, 0.25) is 0 Å². The van der Waals surface area contributed by atoms with Crippen molar-refractivity contribution in [2.75, 3.05) is 20.3 Å². The van der Waals surface area contributed by atoms with Gasteiger partial charge in [0.1, 0.15) is 5.75 Å². The van der Waals surface area contributed by atoms with Gasteiger partial charge in [-0.1, -0.05) is 29.5 Å². The summed E-state index contributed by atoms with van der Waals surface area (Å²) in [5.74, 6) is 0.338. The maximum atomic E-state index is 13.8. The van der Waals surface area contributed by atoms with Gasteiger partial charge >= 0.3 is 11.9 Å². The first-order valence-electron chi connectivity index (χ1n) is 12.1. The van der Waals surface area contributed by atoms with Gasteiger partial charge in [-0.05, 0) is 62.2 Å². The van der Waals surface area contributed by atoms with Gasteiger partial charge < -0.3 is 18.9 Å². The number of carbonyl (C=O) groups excluding carboxylic acids is 2. The monoisotopic (exact) mass is 536 g/mol. The molecule has 4 rings (SSSR count). The molecule has 1 aliphatic rings. The number of nitrogens with zero attached hydrogens (tertiary/aromatic N) is 2. The largest absolute Gasteiger partial charge is 0.494 e. The van der Waals surface area contributed by atoms with Crippen molar-refractivity contribution >= 4 is 29.4 Å². The van der Waals surface area contributed by atoms with Crippen LogP contribution in [0.15, 0.2) is 63.5 Å². The lowest BCUT2D eigenvalue weighted by Crippen LogP contribution is -2.39. The van der Waals surface area contributed by atoms with Crippen LogP contribution in [0.25, 0.3) is 6.08 Å². The highest BCUT2D eigenvalue weighted by Gasteiger charge is 2.33. The van der Waals surface area contributed by atoms with E-state index in [9.17, 15) is 14.4 Å². The van der Waals surface area contributed by atoms with E-state index in [1.807, 2.05) is 31.2 Å². The molecule has 1 aliphatic heterocycles. The van der Waals surface area contributed by atoms with Crippen molar-refractivity contribution in [1.82, 2.24) is 4.57 Å². The average Bonchev–Trinajstić information content (AvgIpc) is 3.18. The molecule has 3 aromatic rings. The normalized spacial score (nSPS) is 15.0. The minimum absolute atomic E-state index is 0.196. The van der Waals surface area contributed by atoms with E-state index in [0.717, 1.165) is 5.56 Å². The van der Waals surface area contributed by atoms with Crippen LogP contribution in [0.3, 0.4) is 0 Å². The van der Waals surface area contributed by atoms with Crippen molar-refractivity contribution in [2.24, 2.45) is 4.99 Å². The predicted octanol–water partition coefficient (Wildman–Crippen LogP) is 3.13. The molecule has 0 unspecified atom stereocenters. The number of methoxy groups -OCH3 is 1. The first kappa shape index (κ1) is 26.9. The second kappa shape index (κ2) is 11.5. The summed E-state index contributed by atoms with van der Waals surface area (Å²) in [6, 6.07) is 11.6. The molecule has 0 aliphatic carbocycles. The number of esters is 2. The Morgan fingerprint density at radius 1 is 1.08 bits per heavy atom. The van der Waals surface area contributed by atoms with E-state index in [1.54, 1.807) is 38.1 Å². The average molecular weight is 537 g/mol. The van der Waals surface area contributed by atoms with Gasteiger partial charge in [0.2, 0.25) is 0 Å². The highest BCUT2D eigenvalue weighted by atomic mass is 32.1. The van der Waals surface area contributed by atoms with E-state index in [4.69, 9.17) is 18.9 Å². The fourth-order valence-corrected chi connectivity index (χ4v) is 5.23. The Morgan fingerprint density at radius 2 is 1.82 bits per heavy atom. The van der Waals surface area contributed by atoms with Gasteiger partial charge in [0, 0.05) is 6.92 Å². The molecular formula is C28H28N2O7S. The first-order valence-corrected chi connectivity index (χ1v) is 12.9. The van der Waals surface area contributed by atoms with Gasteiger partial charge in [-0.25, -0.2) is 9.79 Å². The smallest absolute Gasteiger partial charge is 0.338 e. The minimum Gasteiger partial charge on any atom is -0.494 e. The summed E-state index contributed by atoms with van der Waals surface area (Å²) >= 11 is 1.22. The molecule has 0 spiro atoms. The molecule has 10 heteroatoms. The van der Waals surface area contributed by atoms with Crippen LogP contribution in [0.1, 0.15) is 44.9 Å². The number of aromatic nitrogens is 1. The standard InChI is InChI=1S/C28H28N2O7S/c1-6-35-20-11-9-19(10-12-20)25-24(27(33)36-7-2)16(3)29-28-30(25)26(32)23(38-28)15-18-8-13-21(37-17(4)31)22(14-18)34-5/h8-15,25H,6-7H2,1-5H3/b23-15-/t25-/m1/s1. The highest BCUT2D eigenvalue weighted by Crippen LogP contribution is 2.32. The molecule has 198 valence electrons. The van der Waals surface area contributed by atoms with Crippen LogP contribution in [-0.4, -0.2) is 36.8 Å². The fourth-order valence-electron chi connectivity index (χ4n) is 4.18. The lowest BCUT2D eigenvalue weighted by atomic mass is 9.96. The zero-order valence-electron chi connectivity index (χ0n) is 21.8. The van der Waals surface area contributed by atoms with Crippen molar-refractivity contribution in [2.45, 2.75) is 33.7 Å². The Hall–Kier alpha value is -4.18. The van der Waals surface area contributed by atoms with Crippen LogP contribution in [-0.2, 0) is 14.3 Å². The van der Waals surface area contributed by atoms with Gasteiger partial charge in [-0.3, -0.25) is 14.2 Å². The Balaban J connectivity index is 1.87. The molecule has 0 saturated carbocycles. The van der Waals surface area contributed by atoms with Gasteiger partial charge in [-0.15, -0.1) is 0 Å². The van der Waals surface area contributed by atoms with Crippen molar-refractivity contribution in [3.8, 4) is 17.2 Å². The number of allylic oxidation sites excluding steroid dienone is 1. The SMILES string of the molecule is CCOC(=O)C1=C(C)N=c2s/c(=C\c3ccc(OC(C)=O)c(OC)c3)c(=O)n2[C@@H]1c1ccc(OCC)cc1. The number of thiazole rings is 1. The summed E-state index contributed by atoms with van der Waals surface area (Å²) < 4.78 is 23.4. The summed E-state index contributed by atoms with van der Waals surface area (Å²) in [4.78, 5) is 43.2. The third kappa shape index (κ3) is 5.40. The Bertz CT molecular complexity index is 1580. The minimum atomic E-state index is -0.719. The van der Waals surface area contributed by atoms with E-state index in [2.05, 4.69) is 4.99 Å². The number of rotatable bonds is 8. The molecule has 0 N–H and O–H groups in total. The highest BCUT2D eigenvalue weighted by molar-refractivity contribution is 7.07. The van der Waals surface area contributed by atoms with E-state index in [1.165, 1.54) is 29.9 Å². The Labute approximate surface area is 223 Å². The molecule has 2 aromatic carbocycles. The van der Waals surface area contributed by atoms with E-state index < -0.39 is 18.0 Å². The Morgan fingerprint density at radius 3 is 2.45 bits per heavy atom. The van der Waals surface area contributed by atoms with Crippen LogP contribution in [0.4, 0.5) is 0 Å². The van der Waals surface area contributed by atoms with Crippen molar-refractivity contribution < 1.29 is 28.5 Å². The van der Waals surface area contributed by atoms with E-state index in [0.29, 0.717) is 44.3 Å². The number of carbonyl (C=O) groups is 2. The Kier molecular flexibility index (Phi) is 8.11. The third-order valence-corrected chi connectivity index (χ3v) is 6.75. The van der Waals surface area contributed by atoms with Gasteiger partial charge in [-0.2, -0.15) is 0 Å². The zero-order chi connectivity index (χ0) is 27.4. The van der Waals surface area contributed by atoms with E-state index >= 15 is 0 Å². The molecule has 0 saturated heterocycles. The van der Waals surface area contributed by atoms with Crippen LogP contribution in [0, 0.1) is 0 Å². The summed E-state index contributed by atoms with van der Waals surface area (Å²) in [7, 11) is 1.47. The summed E-state index contributed by atoms with van der Waals surface area (Å²) in [5, 5.41) is 0. The summed E-state index contributed by atoms with van der Waals surface area (Å²) in [6.45, 7) is 7.40. The second-order valence-corrected chi connectivity index (χ2v) is 9.32. The van der Waals surface area contributed by atoms with Crippen LogP contribution in [0.5, 0.6) is 17.2 Å². The number of hydrogen-bond acceptors (Lipinski definition) is 9. The topological polar surface area (TPSA) is 105 Å². The molecule has 2 heterocycles. The number of hydrogen-bond donors (Lipinski definition) is 0. The molecule has 1 atom stereocenters. The molecule has 0 bridgehead atoms. The molecule has 0 amide bonds. The number of benzene rings is 2. The molecule has 9 nitrogen and oxygen atoms in total. The second-order valence-electron chi connectivity index (χ2n) is 8.31. The fraction of sp³-hybridized carbons (Fsp3) is 0.286. The lowest BCUT2D eigenvalue weighted by molar-refractivity contribution is -0.139. The van der Waals surface area contributed by atoms with Crippen LogP contribution < -0.4 is 29.1 Å². The molecule has 0 radical (unpaired) electrons. The predicted molar refractivity (Wildman–Crippen MR) is 142 cm³/mol. The molecule has 1 aromatic heterocycles. The molecule has 38 heavy (non-hydrogen) atoms. The third-order valence-electron chi connectivity index (χ3n) is 5.76. The van der Waals surface area contributed by atoms with Crippen molar-refractivity contribution in [1.29, 1.82) is 0 Å². The first-order chi connectivity index (χ1) is 18.3. The molecule has 0 fully saturated rings. The maximum Gasteiger partial charge on any atom is 0.338 e. The van der Waals surface area contributed by atoms with Crippen molar-refractivity contribution in [3.05, 3.63) is 84.5 Å². The van der Waals surface area contributed by atoms with Gasteiger partial charge in [0.25, 0.3) is 5.56 Å². The van der Waals surface area contributed by atoms with E-state index in [-0.39, 0.29) is 17.9 Å².